The summed E-state index contributed by atoms with van der Waals surface area (Å²) in [5.74, 6) is 0.113. The minimum absolute atomic E-state index is 0.104. The number of carboxylic acids is 1. The average molecular weight is 332 g/mol. The molecule has 0 unspecified atom stereocenters. The number of carbonyl (C=O) groups is 1. The van der Waals surface area contributed by atoms with Crippen LogP contribution in [-0.2, 0) is 11.2 Å². The van der Waals surface area contributed by atoms with E-state index in [9.17, 15) is 4.79 Å². The van der Waals surface area contributed by atoms with Gasteiger partial charge in [0.25, 0.3) is 0 Å². The van der Waals surface area contributed by atoms with Crippen LogP contribution in [0.15, 0.2) is 46.9 Å². The van der Waals surface area contributed by atoms with Crippen LogP contribution in [0.5, 0.6) is 11.5 Å². The lowest BCUT2D eigenvalue weighted by atomic mass is 10.1. The summed E-state index contributed by atoms with van der Waals surface area (Å²) < 4.78 is 6.32. The zero-order valence-electron chi connectivity index (χ0n) is 10.3. The summed E-state index contributed by atoms with van der Waals surface area (Å²) in [4.78, 5) is 10.8. The van der Waals surface area contributed by atoms with Gasteiger partial charge in [-0.05, 0) is 40.2 Å². The zero-order chi connectivity index (χ0) is 14.5. The van der Waals surface area contributed by atoms with Crippen molar-refractivity contribution < 1.29 is 14.6 Å². The molecule has 0 spiro atoms. The number of aliphatic carboxylic acids is 1. The molecule has 0 aliphatic carbocycles. The second kappa shape index (κ2) is 6.22. The molecule has 0 aliphatic rings. The smallest absolute Gasteiger partial charge is 0.307 e. The van der Waals surface area contributed by atoms with Crippen LogP contribution >= 0.6 is 15.9 Å². The number of para-hydroxylation sites is 1. The number of carboxylic acid groups (broad SMARTS) is 1. The van der Waals surface area contributed by atoms with E-state index in [4.69, 9.17) is 15.1 Å². The molecule has 0 atom stereocenters. The normalized spacial score (nSPS) is 9.80. The Labute approximate surface area is 124 Å². The third-order valence-electron chi connectivity index (χ3n) is 2.60. The van der Waals surface area contributed by atoms with Gasteiger partial charge in [0.05, 0.1) is 12.0 Å². The Hall–Kier alpha value is -2.32. The van der Waals surface area contributed by atoms with Gasteiger partial charge in [-0.25, -0.2) is 0 Å². The third-order valence-corrected chi connectivity index (χ3v) is 3.26. The van der Waals surface area contributed by atoms with E-state index in [1.807, 2.05) is 6.07 Å². The number of benzene rings is 2. The van der Waals surface area contributed by atoms with Crippen molar-refractivity contribution in [3.05, 3.63) is 58.1 Å². The number of ether oxygens (including phenoxy) is 1. The SMILES string of the molecule is N#Cc1ccc(Oc2ccccc2CC(=O)O)cc1Br. The van der Waals surface area contributed by atoms with E-state index >= 15 is 0 Å². The molecule has 0 radical (unpaired) electrons. The summed E-state index contributed by atoms with van der Waals surface area (Å²) in [5.41, 5.74) is 1.11. The lowest BCUT2D eigenvalue weighted by Gasteiger charge is -2.10. The third kappa shape index (κ3) is 3.37. The van der Waals surface area contributed by atoms with Gasteiger partial charge in [0.15, 0.2) is 0 Å². The fourth-order valence-corrected chi connectivity index (χ4v) is 2.14. The number of rotatable bonds is 4. The first-order valence-electron chi connectivity index (χ1n) is 5.77. The summed E-state index contributed by atoms with van der Waals surface area (Å²) >= 11 is 3.28. The Morgan fingerprint density at radius 3 is 2.70 bits per heavy atom. The van der Waals surface area contributed by atoms with E-state index in [0.717, 1.165) is 0 Å². The standard InChI is InChI=1S/C15H10BrNO3/c16-13-8-12(6-5-11(13)9-17)20-14-4-2-1-3-10(14)7-15(18)19/h1-6,8H,7H2,(H,18,19). The molecule has 0 heterocycles. The van der Waals surface area contributed by atoms with Crippen LogP contribution in [0, 0.1) is 11.3 Å². The van der Waals surface area contributed by atoms with Crippen molar-refractivity contribution in [2.75, 3.05) is 0 Å². The van der Waals surface area contributed by atoms with Gasteiger partial charge in [-0.2, -0.15) is 5.26 Å². The van der Waals surface area contributed by atoms with Crippen molar-refractivity contribution in [2.45, 2.75) is 6.42 Å². The minimum atomic E-state index is -0.915. The molecule has 1 N–H and O–H groups in total. The number of hydrogen-bond acceptors (Lipinski definition) is 3. The van der Waals surface area contributed by atoms with E-state index in [-0.39, 0.29) is 6.42 Å². The molecule has 2 rings (SSSR count). The lowest BCUT2D eigenvalue weighted by Crippen LogP contribution is -2.01. The first-order chi connectivity index (χ1) is 9.60. The van der Waals surface area contributed by atoms with Crippen molar-refractivity contribution in [2.24, 2.45) is 0 Å². The van der Waals surface area contributed by atoms with Gasteiger partial charge in [0, 0.05) is 10.0 Å². The maximum absolute atomic E-state index is 10.8. The molecule has 2 aromatic rings. The Balaban J connectivity index is 2.28. The number of nitriles is 1. The molecule has 5 heteroatoms. The fraction of sp³-hybridized carbons (Fsp3) is 0.0667. The van der Waals surface area contributed by atoms with Gasteiger partial charge >= 0.3 is 5.97 Å². The Morgan fingerprint density at radius 1 is 1.30 bits per heavy atom. The van der Waals surface area contributed by atoms with E-state index in [2.05, 4.69) is 15.9 Å². The van der Waals surface area contributed by atoms with Crippen LogP contribution in [0.1, 0.15) is 11.1 Å². The molecule has 0 amide bonds. The molecule has 20 heavy (non-hydrogen) atoms. The highest BCUT2D eigenvalue weighted by molar-refractivity contribution is 9.10. The second-order valence-corrected chi connectivity index (χ2v) is 4.89. The Kier molecular flexibility index (Phi) is 4.38. The van der Waals surface area contributed by atoms with Gasteiger partial charge in [-0.15, -0.1) is 0 Å². The maximum Gasteiger partial charge on any atom is 0.307 e. The van der Waals surface area contributed by atoms with Crippen molar-refractivity contribution >= 4 is 21.9 Å². The highest BCUT2D eigenvalue weighted by Gasteiger charge is 2.09. The molecule has 0 saturated carbocycles. The van der Waals surface area contributed by atoms with Crippen LogP contribution in [0.25, 0.3) is 0 Å². The summed E-state index contributed by atoms with van der Waals surface area (Å²) in [6, 6.07) is 14.0. The molecule has 100 valence electrons. The van der Waals surface area contributed by atoms with Crippen molar-refractivity contribution in [3.63, 3.8) is 0 Å². The highest BCUT2D eigenvalue weighted by Crippen LogP contribution is 2.29. The predicted octanol–water partition coefficient (Wildman–Crippen LogP) is 3.74. The molecule has 0 fully saturated rings. The summed E-state index contributed by atoms with van der Waals surface area (Å²) in [6.07, 6.45) is -0.104. The Bertz CT molecular complexity index is 692. The topological polar surface area (TPSA) is 70.3 Å². The van der Waals surface area contributed by atoms with E-state index < -0.39 is 5.97 Å². The predicted molar refractivity (Wildman–Crippen MR) is 76.7 cm³/mol. The second-order valence-electron chi connectivity index (χ2n) is 4.03. The number of nitrogens with zero attached hydrogens (tertiary/aromatic N) is 1. The fourth-order valence-electron chi connectivity index (χ4n) is 1.69. The quantitative estimate of drug-likeness (QED) is 0.926. The summed E-state index contributed by atoms with van der Waals surface area (Å²) in [5, 5.41) is 17.7. The van der Waals surface area contributed by atoms with Gasteiger partial charge in [0.1, 0.15) is 17.6 Å². The first-order valence-corrected chi connectivity index (χ1v) is 6.56. The lowest BCUT2D eigenvalue weighted by molar-refractivity contribution is -0.136. The van der Waals surface area contributed by atoms with Gasteiger partial charge in [0.2, 0.25) is 0 Å². The largest absolute Gasteiger partial charge is 0.481 e. The van der Waals surface area contributed by atoms with Crippen LogP contribution in [0.3, 0.4) is 0 Å². The van der Waals surface area contributed by atoms with Crippen LogP contribution in [0.4, 0.5) is 0 Å². The van der Waals surface area contributed by atoms with Gasteiger partial charge in [-0.1, -0.05) is 18.2 Å². The van der Waals surface area contributed by atoms with E-state index in [1.54, 1.807) is 42.5 Å². The first kappa shape index (κ1) is 14.1. The molecule has 0 aromatic heterocycles. The molecule has 0 saturated heterocycles. The minimum Gasteiger partial charge on any atom is -0.481 e. The number of hydrogen-bond donors (Lipinski definition) is 1. The van der Waals surface area contributed by atoms with Gasteiger partial charge in [-0.3, -0.25) is 4.79 Å². The van der Waals surface area contributed by atoms with E-state index in [1.165, 1.54) is 0 Å². The monoisotopic (exact) mass is 331 g/mol. The van der Waals surface area contributed by atoms with Crippen LogP contribution < -0.4 is 4.74 Å². The van der Waals surface area contributed by atoms with Crippen molar-refractivity contribution in [1.82, 2.24) is 0 Å². The van der Waals surface area contributed by atoms with Gasteiger partial charge < -0.3 is 9.84 Å². The van der Waals surface area contributed by atoms with Crippen LogP contribution in [-0.4, -0.2) is 11.1 Å². The van der Waals surface area contributed by atoms with Crippen LogP contribution in [0.2, 0.25) is 0 Å². The molecule has 0 bridgehead atoms. The van der Waals surface area contributed by atoms with Crippen molar-refractivity contribution in [1.29, 1.82) is 5.26 Å². The number of halogens is 1. The Morgan fingerprint density at radius 2 is 2.05 bits per heavy atom. The highest BCUT2D eigenvalue weighted by atomic mass is 79.9. The molecular weight excluding hydrogens is 322 g/mol. The summed E-state index contributed by atoms with van der Waals surface area (Å²) in [6.45, 7) is 0. The average Bonchev–Trinajstić information content (AvgIpc) is 2.41. The zero-order valence-corrected chi connectivity index (χ0v) is 11.9. The molecular formula is C15H10BrNO3. The molecule has 0 aliphatic heterocycles. The molecule has 2 aromatic carbocycles. The van der Waals surface area contributed by atoms with Crippen molar-refractivity contribution in [3.8, 4) is 17.6 Å². The maximum atomic E-state index is 10.8. The molecule has 4 nitrogen and oxygen atoms in total. The van der Waals surface area contributed by atoms with E-state index in [0.29, 0.717) is 27.1 Å². The summed E-state index contributed by atoms with van der Waals surface area (Å²) in [7, 11) is 0.